The van der Waals surface area contributed by atoms with E-state index in [0.29, 0.717) is 42.6 Å². The van der Waals surface area contributed by atoms with Gasteiger partial charge in [0.05, 0.1) is 34.7 Å². The highest BCUT2D eigenvalue weighted by atomic mass is 16.2. The van der Waals surface area contributed by atoms with Crippen LogP contribution in [0.1, 0.15) is 28.9 Å². The number of hydrogen-bond acceptors (Lipinski definition) is 5. The average Bonchev–Trinajstić information content (AvgIpc) is 3.25. The largest absolute Gasteiger partial charge is 0.338 e. The summed E-state index contributed by atoms with van der Waals surface area (Å²) in [6.45, 7) is 2.66. The second kappa shape index (κ2) is 7.98. The smallest absolute Gasteiger partial charge is 0.261 e. The van der Waals surface area contributed by atoms with Gasteiger partial charge in [-0.05, 0) is 31.4 Å². The van der Waals surface area contributed by atoms with Crippen LogP contribution in [-0.2, 0) is 24.3 Å². The Bertz CT molecular complexity index is 1210. The quantitative estimate of drug-likeness (QED) is 0.628. The van der Waals surface area contributed by atoms with E-state index in [1.807, 2.05) is 10.7 Å². The second-order valence-corrected chi connectivity index (χ2v) is 8.05. The van der Waals surface area contributed by atoms with Gasteiger partial charge in [-0.1, -0.05) is 12.1 Å². The molecule has 2 aliphatic heterocycles. The van der Waals surface area contributed by atoms with Crippen molar-refractivity contribution in [2.45, 2.75) is 32.4 Å². The molecular weight excluding hydrogens is 396 g/mol. The summed E-state index contributed by atoms with van der Waals surface area (Å²) in [6, 6.07) is 7.10. The molecule has 1 saturated heterocycles. The van der Waals surface area contributed by atoms with E-state index in [1.54, 1.807) is 34.2 Å². The van der Waals surface area contributed by atoms with Gasteiger partial charge in [0.1, 0.15) is 6.54 Å². The van der Waals surface area contributed by atoms with Gasteiger partial charge in [0.25, 0.3) is 11.5 Å². The van der Waals surface area contributed by atoms with Crippen LogP contribution in [0.5, 0.6) is 0 Å². The lowest BCUT2D eigenvalue weighted by Gasteiger charge is -2.35. The van der Waals surface area contributed by atoms with Crippen molar-refractivity contribution in [2.75, 3.05) is 26.2 Å². The Balaban J connectivity index is 1.23. The maximum atomic E-state index is 13.0. The van der Waals surface area contributed by atoms with Crippen molar-refractivity contribution in [3.05, 3.63) is 58.4 Å². The van der Waals surface area contributed by atoms with Crippen LogP contribution in [0.3, 0.4) is 0 Å². The summed E-state index contributed by atoms with van der Waals surface area (Å²) in [7, 11) is 0. The van der Waals surface area contributed by atoms with Crippen LogP contribution in [0.15, 0.2) is 41.6 Å². The van der Waals surface area contributed by atoms with Crippen molar-refractivity contribution in [1.29, 1.82) is 0 Å². The summed E-state index contributed by atoms with van der Waals surface area (Å²) in [5, 5.41) is 4.86. The minimum Gasteiger partial charge on any atom is -0.338 e. The third kappa shape index (κ3) is 3.60. The predicted octanol–water partition coefficient (Wildman–Crippen LogP) is 0.914. The van der Waals surface area contributed by atoms with Crippen molar-refractivity contribution in [1.82, 2.24) is 29.1 Å². The van der Waals surface area contributed by atoms with Gasteiger partial charge in [0.15, 0.2) is 0 Å². The van der Waals surface area contributed by atoms with Gasteiger partial charge in [0, 0.05) is 32.7 Å². The Morgan fingerprint density at radius 1 is 0.968 bits per heavy atom. The van der Waals surface area contributed by atoms with Gasteiger partial charge in [-0.2, -0.15) is 5.10 Å². The van der Waals surface area contributed by atoms with E-state index in [2.05, 4.69) is 10.1 Å². The minimum atomic E-state index is -0.223. The molecule has 2 amide bonds. The van der Waals surface area contributed by atoms with E-state index in [4.69, 9.17) is 0 Å². The van der Waals surface area contributed by atoms with E-state index < -0.39 is 0 Å². The lowest BCUT2D eigenvalue weighted by atomic mass is 10.1. The fourth-order valence-corrected chi connectivity index (χ4v) is 4.39. The van der Waals surface area contributed by atoms with E-state index in [-0.39, 0.29) is 23.9 Å². The molecule has 0 bridgehead atoms. The van der Waals surface area contributed by atoms with Crippen molar-refractivity contribution in [3.63, 3.8) is 0 Å². The van der Waals surface area contributed by atoms with Crippen molar-refractivity contribution < 1.29 is 9.59 Å². The number of nitrogens with zero attached hydrogens (tertiary/aromatic N) is 6. The molecule has 9 heteroatoms. The standard InChI is InChI=1S/C22H24N6O3/c29-20(14-27-15-23-18-6-2-1-5-16(18)21(27)30)25-9-11-26(12-10-25)22(31)17-13-24-28-8-4-3-7-19(17)28/h1-2,5-6,13,15H,3-4,7-12,14H2. The first-order valence-electron chi connectivity index (χ1n) is 10.7. The third-order valence-corrected chi connectivity index (χ3v) is 6.17. The van der Waals surface area contributed by atoms with Crippen LogP contribution < -0.4 is 5.56 Å². The van der Waals surface area contributed by atoms with Gasteiger partial charge < -0.3 is 9.80 Å². The maximum Gasteiger partial charge on any atom is 0.261 e. The molecule has 1 aromatic carbocycles. The van der Waals surface area contributed by atoms with Crippen LogP contribution in [-0.4, -0.2) is 67.1 Å². The highest BCUT2D eigenvalue weighted by Crippen LogP contribution is 2.20. The van der Waals surface area contributed by atoms with Gasteiger partial charge in [-0.25, -0.2) is 4.98 Å². The van der Waals surface area contributed by atoms with E-state index in [9.17, 15) is 14.4 Å². The normalized spacial score (nSPS) is 16.4. The zero-order chi connectivity index (χ0) is 21.4. The summed E-state index contributed by atoms with van der Waals surface area (Å²) in [6.07, 6.45) is 6.16. The molecule has 0 N–H and O–H groups in total. The molecule has 9 nitrogen and oxygen atoms in total. The molecule has 0 radical (unpaired) electrons. The molecule has 160 valence electrons. The lowest BCUT2D eigenvalue weighted by Crippen LogP contribution is -2.51. The van der Waals surface area contributed by atoms with Gasteiger partial charge in [0.2, 0.25) is 5.91 Å². The van der Waals surface area contributed by atoms with Gasteiger partial charge in [-0.3, -0.25) is 23.6 Å². The molecule has 1 fully saturated rings. The molecule has 5 rings (SSSR count). The molecular formula is C22H24N6O3. The highest BCUT2D eigenvalue weighted by Gasteiger charge is 2.28. The number of aromatic nitrogens is 4. The first-order valence-corrected chi connectivity index (χ1v) is 10.7. The Kier molecular flexibility index (Phi) is 5.01. The van der Waals surface area contributed by atoms with E-state index in [1.165, 1.54) is 10.9 Å². The summed E-state index contributed by atoms with van der Waals surface area (Å²) in [5.41, 5.74) is 2.11. The molecule has 2 aromatic heterocycles. The number of rotatable bonds is 3. The number of amides is 2. The highest BCUT2D eigenvalue weighted by molar-refractivity contribution is 5.95. The molecule has 2 aliphatic rings. The molecule has 0 unspecified atom stereocenters. The number of para-hydroxylation sites is 1. The monoisotopic (exact) mass is 420 g/mol. The minimum absolute atomic E-state index is 0.00908. The fourth-order valence-electron chi connectivity index (χ4n) is 4.39. The molecule has 31 heavy (non-hydrogen) atoms. The van der Waals surface area contributed by atoms with Crippen molar-refractivity contribution >= 4 is 22.7 Å². The van der Waals surface area contributed by atoms with Crippen LogP contribution in [0.25, 0.3) is 10.9 Å². The maximum absolute atomic E-state index is 13.0. The molecule has 3 aromatic rings. The number of aryl methyl sites for hydroxylation is 1. The van der Waals surface area contributed by atoms with Gasteiger partial charge in [-0.15, -0.1) is 0 Å². The fraction of sp³-hybridized carbons (Fsp3) is 0.409. The Morgan fingerprint density at radius 2 is 1.74 bits per heavy atom. The van der Waals surface area contributed by atoms with Crippen LogP contribution in [0.2, 0.25) is 0 Å². The first kappa shape index (κ1) is 19.5. The lowest BCUT2D eigenvalue weighted by molar-refractivity contribution is -0.133. The zero-order valence-electron chi connectivity index (χ0n) is 17.2. The summed E-state index contributed by atoms with van der Waals surface area (Å²) in [5.74, 6) is -0.153. The van der Waals surface area contributed by atoms with Crippen molar-refractivity contribution in [2.24, 2.45) is 0 Å². The Hall–Kier alpha value is -3.49. The Morgan fingerprint density at radius 3 is 2.58 bits per heavy atom. The summed E-state index contributed by atoms with van der Waals surface area (Å²) in [4.78, 5) is 46.2. The molecule has 0 spiro atoms. The second-order valence-electron chi connectivity index (χ2n) is 8.05. The number of carbonyl (C=O) groups excluding carboxylic acids is 2. The average molecular weight is 420 g/mol. The van der Waals surface area contributed by atoms with Crippen LogP contribution >= 0.6 is 0 Å². The Labute approximate surface area is 178 Å². The number of hydrogen-bond donors (Lipinski definition) is 0. The van der Waals surface area contributed by atoms with E-state index in [0.717, 1.165) is 31.5 Å². The zero-order valence-corrected chi connectivity index (χ0v) is 17.2. The summed E-state index contributed by atoms with van der Waals surface area (Å²) < 4.78 is 3.28. The number of benzene rings is 1. The molecule has 4 heterocycles. The van der Waals surface area contributed by atoms with Gasteiger partial charge >= 0.3 is 0 Å². The summed E-state index contributed by atoms with van der Waals surface area (Å²) >= 11 is 0. The first-order chi connectivity index (χ1) is 15.1. The number of fused-ring (bicyclic) bond motifs is 2. The molecule has 0 aliphatic carbocycles. The SMILES string of the molecule is O=C(Cn1cnc2ccccc2c1=O)N1CCN(C(=O)c2cnn3c2CCCC3)CC1. The topological polar surface area (TPSA) is 93.3 Å². The number of carbonyl (C=O) groups is 2. The van der Waals surface area contributed by atoms with Crippen molar-refractivity contribution in [3.8, 4) is 0 Å². The third-order valence-electron chi connectivity index (χ3n) is 6.17. The van der Waals surface area contributed by atoms with E-state index >= 15 is 0 Å². The van der Waals surface area contributed by atoms with Crippen LogP contribution in [0.4, 0.5) is 0 Å². The molecule has 0 saturated carbocycles. The molecule has 0 atom stereocenters. The predicted molar refractivity (Wildman–Crippen MR) is 114 cm³/mol. The van der Waals surface area contributed by atoms with Crippen LogP contribution in [0, 0.1) is 0 Å². The number of piperazine rings is 1.